The zero-order valence-corrected chi connectivity index (χ0v) is 13.3. The van der Waals surface area contributed by atoms with Crippen molar-refractivity contribution in [2.75, 3.05) is 25.9 Å². The summed E-state index contributed by atoms with van der Waals surface area (Å²) in [5.74, 6) is 0.523. The molecule has 1 fully saturated rings. The van der Waals surface area contributed by atoms with Crippen LogP contribution in [0.1, 0.15) is 37.7 Å². The summed E-state index contributed by atoms with van der Waals surface area (Å²) in [6.45, 7) is 4.98. The van der Waals surface area contributed by atoms with Gasteiger partial charge in [0.25, 0.3) is 0 Å². The summed E-state index contributed by atoms with van der Waals surface area (Å²) < 4.78 is 23.3. The maximum Gasteiger partial charge on any atom is 0.151 e. The average Bonchev–Trinajstić information content (AvgIpc) is 2.45. The lowest BCUT2D eigenvalue weighted by Crippen LogP contribution is -2.42. The Morgan fingerprint density at radius 1 is 1.30 bits per heavy atom. The second-order valence-electron chi connectivity index (χ2n) is 5.99. The Bertz CT molecular complexity index is 513. The van der Waals surface area contributed by atoms with E-state index in [9.17, 15) is 8.42 Å². The molecule has 0 unspecified atom stereocenters. The quantitative estimate of drug-likeness (QED) is 0.838. The lowest BCUT2D eigenvalue weighted by atomic mass is 9.97. The van der Waals surface area contributed by atoms with Gasteiger partial charge in [-0.05, 0) is 43.8 Å². The summed E-state index contributed by atoms with van der Waals surface area (Å²) in [4.78, 5) is 2.31. The first-order valence-corrected chi connectivity index (χ1v) is 9.38. The zero-order valence-electron chi connectivity index (χ0n) is 12.5. The SMILES string of the molecule is C[C@@H](CCN1CCC[C@H](S(C)(=O)=O)C1)c1ccccc1. The van der Waals surface area contributed by atoms with E-state index >= 15 is 0 Å². The largest absolute Gasteiger partial charge is 0.302 e. The molecule has 20 heavy (non-hydrogen) atoms. The van der Waals surface area contributed by atoms with Crippen LogP contribution in [0.25, 0.3) is 0 Å². The fourth-order valence-corrected chi connectivity index (χ4v) is 3.97. The monoisotopic (exact) mass is 295 g/mol. The summed E-state index contributed by atoms with van der Waals surface area (Å²) in [6.07, 6.45) is 4.27. The summed E-state index contributed by atoms with van der Waals surface area (Å²) >= 11 is 0. The minimum absolute atomic E-state index is 0.164. The normalized spacial score (nSPS) is 22.6. The number of hydrogen-bond donors (Lipinski definition) is 0. The van der Waals surface area contributed by atoms with E-state index in [4.69, 9.17) is 0 Å². The fraction of sp³-hybridized carbons (Fsp3) is 0.625. The Balaban J connectivity index is 1.85. The van der Waals surface area contributed by atoms with Crippen molar-refractivity contribution in [3.63, 3.8) is 0 Å². The van der Waals surface area contributed by atoms with Gasteiger partial charge in [0, 0.05) is 12.8 Å². The van der Waals surface area contributed by atoms with Gasteiger partial charge < -0.3 is 4.90 Å². The second kappa shape index (κ2) is 6.72. The summed E-state index contributed by atoms with van der Waals surface area (Å²) in [7, 11) is -2.89. The molecular formula is C16H25NO2S. The van der Waals surface area contributed by atoms with Crippen molar-refractivity contribution in [1.29, 1.82) is 0 Å². The highest BCUT2D eigenvalue weighted by Gasteiger charge is 2.27. The zero-order chi connectivity index (χ0) is 14.6. The highest BCUT2D eigenvalue weighted by molar-refractivity contribution is 7.91. The topological polar surface area (TPSA) is 37.4 Å². The molecular weight excluding hydrogens is 270 g/mol. The molecule has 1 aliphatic rings. The molecule has 2 rings (SSSR count). The van der Waals surface area contributed by atoms with E-state index in [1.54, 1.807) is 0 Å². The van der Waals surface area contributed by atoms with Crippen molar-refractivity contribution in [1.82, 2.24) is 4.90 Å². The van der Waals surface area contributed by atoms with Crippen molar-refractivity contribution in [2.45, 2.75) is 37.4 Å². The molecule has 3 nitrogen and oxygen atoms in total. The van der Waals surface area contributed by atoms with Gasteiger partial charge in [-0.1, -0.05) is 37.3 Å². The molecule has 0 aliphatic carbocycles. The van der Waals surface area contributed by atoms with E-state index in [0.29, 0.717) is 12.5 Å². The Morgan fingerprint density at radius 2 is 2.00 bits per heavy atom. The van der Waals surface area contributed by atoms with Gasteiger partial charge in [0.1, 0.15) is 0 Å². The number of rotatable bonds is 5. The molecule has 0 aromatic heterocycles. The molecule has 1 aromatic rings. The molecule has 0 radical (unpaired) electrons. The summed E-state index contributed by atoms with van der Waals surface area (Å²) in [5, 5.41) is -0.164. The fourth-order valence-electron chi connectivity index (χ4n) is 2.89. The van der Waals surface area contributed by atoms with Crippen LogP contribution in [0.3, 0.4) is 0 Å². The molecule has 112 valence electrons. The Labute approximate surface area is 122 Å². The van der Waals surface area contributed by atoms with Crippen LogP contribution in [0.15, 0.2) is 30.3 Å². The van der Waals surface area contributed by atoms with Crippen LogP contribution in [0.4, 0.5) is 0 Å². The van der Waals surface area contributed by atoms with Gasteiger partial charge in [0.15, 0.2) is 9.84 Å². The number of hydrogen-bond acceptors (Lipinski definition) is 3. The number of nitrogens with zero attached hydrogens (tertiary/aromatic N) is 1. The van der Waals surface area contributed by atoms with Crippen molar-refractivity contribution < 1.29 is 8.42 Å². The van der Waals surface area contributed by atoms with Gasteiger partial charge in [0.2, 0.25) is 0 Å². The summed E-state index contributed by atoms with van der Waals surface area (Å²) in [6, 6.07) is 10.5. The van der Waals surface area contributed by atoms with Gasteiger partial charge >= 0.3 is 0 Å². The van der Waals surface area contributed by atoms with Crippen molar-refractivity contribution in [2.24, 2.45) is 0 Å². The Kier molecular flexibility index (Phi) is 5.22. The molecule has 1 aromatic carbocycles. The molecule has 0 spiro atoms. The number of likely N-dealkylation sites (tertiary alicyclic amines) is 1. The van der Waals surface area contributed by atoms with E-state index < -0.39 is 9.84 Å². The third-order valence-electron chi connectivity index (χ3n) is 4.31. The van der Waals surface area contributed by atoms with Crippen molar-refractivity contribution in [3.05, 3.63) is 35.9 Å². The van der Waals surface area contributed by atoms with Crippen LogP contribution in [0.5, 0.6) is 0 Å². The molecule has 0 amide bonds. The first-order valence-electron chi connectivity index (χ1n) is 7.43. The minimum atomic E-state index is -2.89. The third-order valence-corrected chi connectivity index (χ3v) is 5.91. The Morgan fingerprint density at radius 3 is 2.65 bits per heavy atom. The van der Waals surface area contributed by atoms with E-state index in [2.05, 4.69) is 36.1 Å². The van der Waals surface area contributed by atoms with Crippen molar-refractivity contribution in [3.8, 4) is 0 Å². The molecule has 2 atom stereocenters. The van der Waals surface area contributed by atoms with Crippen LogP contribution in [0.2, 0.25) is 0 Å². The predicted molar refractivity (Wildman–Crippen MR) is 83.8 cm³/mol. The third kappa shape index (κ3) is 4.32. The molecule has 1 saturated heterocycles. The average molecular weight is 295 g/mol. The highest BCUT2D eigenvalue weighted by Crippen LogP contribution is 2.21. The van der Waals surface area contributed by atoms with Gasteiger partial charge in [-0.2, -0.15) is 0 Å². The van der Waals surface area contributed by atoms with Crippen LogP contribution >= 0.6 is 0 Å². The van der Waals surface area contributed by atoms with Crippen molar-refractivity contribution >= 4 is 9.84 Å². The van der Waals surface area contributed by atoms with E-state index in [1.807, 2.05) is 6.07 Å². The molecule has 0 N–H and O–H groups in total. The van der Waals surface area contributed by atoms with E-state index in [1.165, 1.54) is 11.8 Å². The lowest BCUT2D eigenvalue weighted by molar-refractivity contribution is 0.224. The van der Waals surface area contributed by atoms with Crippen LogP contribution in [-0.2, 0) is 9.84 Å². The lowest BCUT2D eigenvalue weighted by Gasteiger charge is -2.32. The van der Waals surface area contributed by atoms with E-state index in [0.717, 1.165) is 32.4 Å². The second-order valence-corrected chi connectivity index (χ2v) is 8.32. The number of sulfone groups is 1. The standard InChI is InChI=1S/C16H25NO2S/c1-14(15-7-4-3-5-8-15)10-12-17-11-6-9-16(13-17)20(2,18)19/h3-5,7-8,14,16H,6,9-13H2,1-2H3/t14-,16-/m0/s1. The predicted octanol–water partition coefficient (Wildman–Crippen LogP) is 2.69. The molecule has 0 saturated carbocycles. The van der Waals surface area contributed by atoms with Gasteiger partial charge in [0.05, 0.1) is 5.25 Å². The first kappa shape index (κ1) is 15.5. The summed E-state index contributed by atoms with van der Waals surface area (Å²) in [5.41, 5.74) is 1.36. The van der Waals surface area contributed by atoms with E-state index in [-0.39, 0.29) is 5.25 Å². The molecule has 4 heteroatoms. The van der Waals surface area contributed by atoms with Gasteiger partial charge in [-0.3, -0.25) is 0 Å². The molecule has 1 heterocycles. The maximum atomic E-state index is 11.7. The number of benzene rings is 1. The molecule has 0 bridgehead atoms. The van der Waals surface area contributed by atoms with Crippen LogP contribution in [-0.4, -0.2) is 44.5 Å². The molecule has 1 aliphatic heterocycles. The maximum absolute atomic E-state index is 11.7. The van der Waals surface area contributed by atoms with Crippen LogP contribution < -0.4 is 0 Å². The Hall–Kier alpha value is -0.870. The minimum Gasteiger partial charge on any atom is -0.302 e. The van der Waals surface area contributed by atoms with Gasteiger partial charge in [-0.15, -0.1) is 0 Å². The smallest absolute Gasteiger partial charge is 0.151 e. The highest BCUT2D eigenvalue weighted by atomic mass is 32.2. The van der Waals surface area contributed by atoms with Crippen LogP contribution in [0, 0.1) is 0 Å². The number of piperidine rings is 1. The van der Waals surface area contributed by atoms with Gasteiger partial charge in [-0.25, -0.2) is 8.42 Å². The first-order chi connectivity index (χ1) is 9.47.